The first kappa shape index (κ1) is 14.9. The van der Waals surface area contributed by atoms with Crippen LogP contribution in [0.25, 0.3) is 0 Å². The average molecular weight is 291 g/mol. The average Bonchev–Trinajstić information content (AvgIpc) is 2.87. The fraction of sp³-hybridized carbons (Fsp3) is 0.467. The third-order valence-electron chi connectivity index (χ3n) is 3.50. The van der Waals surface area contributed by atoms with Crippen LogP contribution < -0.4 is 10.1 Å². The van der Waals surface area contributed by atoms with E-state index in [1.165, 1.54) is 16.9 Å². The minimum absolute atomic E-state index is 0.196. The van der Waals surface area contributed by atoms with Crippen LogP contribution in [0.1, 0.15) is 37.8 Å². The second-order valence-electron chi connectivity index (χ2n) is 5.36. The van der Waals surface area contributed by atoms with Crippen molar-refractivity contribution in [2.45, 2.75) is 39.2 Å². The first-order chi connectivity index (χ1) is 9.55. The van der Waals surface area contributed by atoms with Crippen molar-refractivity contribution >= 4 is 11.3 Å². The number of ether oxygens (including phenoxy) is 1. The van der Waals surface area contributed by atoms with Crippen molar-refractivity contribution in [1.82, 2.24) is 15.5 Å². The molecular weight excluding hydrogens is 270 g/mol. The van der Waals surface area contributed by atoms with Crippen molar-refractivity contribution in [2.75, 3.05) is 7.05 Å². The zero-order chi connectivity index (χ0) is 14.6. The monoisotopic (exact) mass is 291 g/mol. The van der Waals surface area contributed by atoms with Gasteiger partial charge in [-0.1, -0.05) is 49.3 Å². The predicted molar refractivity (Wildman–Crippen MR) is 82.5 cm³/mol. The molecule has 1 aromatic heterocycles. The third-order valence-corrected chi connectivity index (χ3v) is 4.30. The number of nitrogens with zero attached hydrogens (tertiary/aromatic N) is 2. The van der Waals surface area contributed by atoms with Gasteiger partial charge in [0.15, 0.2) is 0 Å². The van der Waals surface area contributed by atoms with E-state index in [2.05, 4.69) is 48.4 Å². The molecule has 0 fully saturated rings. The number of aromatic nitrogens is 2. The van der Waals surface area contributed by atoms with Gasteiger partial charge >= 0.3 is 0 Å². The van der Waals surface area contributed by atoms with Crippen LogP contribution in [-0.2, 0) is 12.0 Å². The topological polar surface area (TPSA) is 47.0 Å². The summed E-state index contributed by atoms with van der Waals surface area (Å²) >= 11 is 1.46. The summed E-state index contributed by atoms with van der Waals surface area (Å²) < 4.78 is 5.72. The number of nitrogens with one attached hydrogen (secondary N) is 1. The van der Waals surface area contributed by atoms with E-state index < -0.39 is 0 Å². The van der Waals surface area contributed by atoms with Gasteiger partial charge in [-0.05, 0) is 36.6 Å². The fourth-order valence-electron chi connectivity index (χ4n) is 1.78. The Kier molecular flexibility index (Phi) is 4.73. The lowest BCUT2D eigenvalue weighted by molar-refractivity contribution is 0.469. The molecule has 1 N–H and O–H groups in total. The first-order valence-electron chi connectivity index (χ1n) is 6.80. The summed E-state index contributed by atoms with van der Waals surface area (Å²) in [7, 11) is 1.89. The van der Waals surface area contributed by atoms with Gasteiger partial charge in [-0.3, -0.25) is 0 Å². The molecular formula is C15H21N3OS. The number of hydrogen-bond donors (Lipinski definition) is 1. The van der Waals surface area contributed by atoms with Crippen molar-refractivity contribution in [3.63, 3.8) is 0 Å². The van der Waals surface area contributed by atoms with E-state index in [0.29, 0.717) is 11.7 Å². The second kappa shape index (κ2) is 6.33. The smallest absolute Gasteiger partial charge is 0.299 e. The van der Waals surface area contributed by atoms with Crippen LogP contribution in [0.4, 0.5) is 0 Å². The van der Waals surface area contributed by atoms with E-state index in [1.807, 2.05) is 19.2 Å². The molecule has 0 unspecified atom stereocenters. The molecule has 2 rings (SSSR count). The minimum Gasteiger partial charge on any atom is -0.430 e. The Morgan fingerprint density at radius 1 is 1.20 bits per heavy atom. The van der Waals surface area contributed by atoms with Crippen LogP contribution in [0.15, 0.2) is 24.3 Å². The maximum absolute atomic E-state index is 5.72. The highest BCUT2D eigenvalue weighted by atomic mass is 32.1. The van der Waals surface area contributed by atoms with Gasteiger partial charge < -0.3 is 10.1 Å². The Balaban J connectivity index is 2.06. The SMILES string of the molecule is CCC(C)(C)c1ccc(Oc2nnc(CNC)s2)cc1. The highest BCUT2D eigenvalue weighted by Crippen LogP contribution is 2.30. The molecule has 0 radical (unpaired) electrons. The summed E-state index contributed by atoms with van der Waals surface area (Å²) in [4.78, 5) is 0. The summed E-state index contributed by atoms with van der Waals surface area (Å²) in [6.07, 6.45) is 1.11. The molecule has 1 aromatic carbocycles. The van der Waals surface area contributed by atoms with Gasteiger partial charge in [-0.2, -0.15) is 0 Å². The predicted octanol–water partition coefficient (Wildman–Crippen LogP) is 3.74. The van der Waals surface area contributed by atoms with E-state index >= 15 is 0 Å². The first-order valence-corrected chi connectivity index (χ1v) is 7.62. The van der Waals surface area contributed by atoms with Crippen molar-refractivity contribution in [2.24, 2.45) is 0 Å². The van der Waals surface area contributed by atoms with Gasteiger partial charge in [0.2, 0.25) is 0 Å². The summed E-state index contributed by atoms with van der Waals surface area (Å²) in [5.74, 6) is 0.799. The molecule has 2 aromatic rings. The van der Waals surface area contributed by atoms with Crippen LogP contribution in [0, 0.1) is 0 Å². The van der Waals surface area contributed by atoms with Gasteiger partial charge in [0.1, 0.15) is 10.8 Å². The van der Waals surface area contributed by atoms with E-state index in [4.69, 9.17) is 4.74 Å². The van der Waals surface area contributed by atoms with E-state index in [9.17, 15) is 0 Å². The van der Waals surface area contributed by atoms with Crippen molar-refractivity contribution < 1.29 is 4.74 Å². The van der Waals surface area contributed by atoms with Gasteiger partial charge in [-0.25, -0.2) is 0 Å². The molecule has 0 amide bonds. The van der Waals surface area contributed by atoms with E-state index in [1.54, 1.807) is 0 Å². The Labute approximate surface area is 124 Å². The molecule has 0 saturated heterocycles. The molecule has 108 valence electrons. The Morgan fingerprint density at radius 3 is 2.50 bits per heavy atom. The number of rotatable bonds is 6. The third kappa shape index (κ3) is 3.55. The van der Waals surface area contributed by atoms with Crippen molar-refractivity contribution in [1.29, 1.82) is 0 Å². The molecule has 1 heterocycles. The molecule has 0 aliphatic heterocycles. The molecule has 0 atom stereocenters. The van der Waals surface area contributed by atoms with E-state index in [0.717, 1.165) is 17.2 Å². The molecule has 5 heteroatoms. The van der Waals surface area contributed by atoms with E-state index in [-0.39, 0.29) is 5.41 Å². The maximum atomic E-state index is 5.72. The van der Waals surface area contributed by atoms with Gasteiger partial charge in [0.25, 0.3) is 5.19 Å². The lowest BCUT2D eigenvalue weighted by Crippen LogP contribution is -2.14. The largest absolute Gasteiger partial charge is 0.430 e. The van der Waals surface area contributed by atoms with Gasteiger partial charge in [0.05, 0.1) is 0 Å². The Morgan fingerprint density at radius 2 is 1.90 bits per heavy atom. The molecule has 0 spiro atoms. The zero-order valence-electron chi connectivity index (χ0n) is 12.4. The minimum atomic E-state index is 0.196. The second-order valence-corrected chi connectivity index (χ2v) is 6.38. The molecule has 0 saturated carbocycles. The Bertz CT molecular complexity index is 549. The summed E-state index contributed by atoms with van der Waals surface area (Å²) in [5.41, 5.74) is 1.52. The lowest BCUT2D eigenvalue weighted by atomic mass is 9.82. The Hall–Kier alpha value is -1.46. The van der Waals surface area contributed by atoms with Crippen molar-refractivity contribution in [3.8, 4) is 10.9 Å². The molecule has 0 aliphatic carbocycles. The summed E-state index contributed by atoms with van der Waals surface area (Å²) in [5, 5.41) is 12.6. The maximum Gasteiger partial charge on any atom is 0.299 e. The summed E-state index contributed by atoms with van der Waals surface area (Å²) in [6.45, 7) is 7.41. The van der Waals surface area contributed by atoms with Crippen LogP contribution in [0.3, 0.4) is 0 Å². The van der Waals surface area contributed by atoms with Crippen LogP contribution in [0.2, 0.25) is 0 Å². The number of hydrogen-bond acceptors (Lipinski definition) is 5. The molecule has 20 heavy (non-hydrogen) atoms. The standard InChI is InChI=1S/C15H21N3OS/c1-5-15(2,3)11-6-8-12(9-7-11)19-14-18-17-13(20-14)10-16-4/h6-9,16H,5,10H2,1-4H3. The molecule has 0 aliphatic rings. The van der Waals surface area contributed by atoms with Gasteiger partial charge in [-0.15, -0.1) is 5.10 Å². The highest BCUT2D eigenvalue weighted by molar-refractivity contribution is 7.13. The van der Waals surface area contributed by atoms with Crippen LogP contribution in [-0.4, -0.2) is 17.2 Å². The highest BCUT2D eigenvalue weighted by Gasteiger charge is 2.17. The quantitative estimate of drug-likeness (QED) is 0.880. The van der Waals surface area contributed by atoms with Gasteiger partial charge in [0, 0.05) is 6.54 Å². The van der Waals surface area contributed by atoms with Crippen molar-refractivity contribution in [3.05, 3.63) is 34.8 Å². The molecule has 4 nitrogen and oxygen atoms in total. The van der Waals surface area contributed by atoms with Crippen LogP contribution in [0.5, 0.6) is 10.9 Å². The summed E-state index contributed by atoms with van der Waals surface area (Å²) in [6, 6.07) is 8.22. The number of benzene rings is 1. The van der Waals surface area contributed by atoms with Crippen LogP contribution >= 0.6 is 11.3 Å². The molecule has 0 bridgehead atoms. The fourth-order valence-corrected chi connectivity index (χ4v) is 2.50. The normalized spacial score (nSPS) is 11.6. The lowest BCUT2D eigenvalue weighted by Gasteiger charge is -2.23. The zero-order valence-corrected chi connectivity index (χ0v) is 13.3.